The minimum absolute atomic E-state index is 0.00194. The van der Waals surface area contributed by atoms with Crippen molar-refractivity contribution < 1.29 is 23.5 Å². The average molecular weight is 523 g/mol. The highest BCUT2D eigenvalue weighted by molar-refractivity contribution is 7.10. The Morgan fingerprint density at radius 3 is 2.68 bits per heavy atom. The lowest BCUT2D eigenvalue weighted by Gasteiger charge is -2.37. The molecule has 0 radical (unpaired) electrons. The largest absolute Gasteiger partial charge is 0.491 e. The van der Waals surface area contributed by atoms with E-state index in [1.807, 2.05) is 46.7 Å². The normalized spacial score (nSPS) is 18.9. The van der Waals surface area contributed by atoms with Crippen LogP contribution in [0.1, 0.15) is 34.9 Å². The van der Waals surface area contributed by atoms with Crippen molar-refractivity contribution in [3.8, 4) is 5.75 Å². The lowest BCUT2D eigenvalue weighted by atomic mass is 10.00. The number of carbonyl (C=O) groups is 2. The van der Waals surface area contributed by atoms with E-state index in [4.69, 9.17) is 9.47 Å². The molecule has 5 rings (SSSR count). The second-order valence-electron chi connectivity index (χ2n) is 9.49. The summed E-state index contributed by atoms with van der Waals surface area (Å²) in [7, 11) is 0. The number of halogens is 1. The second-order valence-corrected chi connectivity index (χ2v) is 10.5. The Hall–Kier alpha value is -3.23. The first-order chi connectivity index (χ1) is 18.1. The van der Waals surface area contributed by atoms with Crippen molar-refractivity contribution in [1.82, 2.24) is 9.80 Å². The topological polar surface area (TPSA) is 59.1 Å². The van der Waals surface area contributed by atoms with Crippen LogP contribution in [0.2, 0.25) is 0 Å². The fraction of sp³-hybridized carbons (Fsp3) is 0.379. The smallest absolute Gasteiger partial charge is 0.242 e. The molecule has 0 saturated carbocycles. The summed E-state index contributed by atoms with van der Waals surface area (Å²) in [5.41, 5.74) is 2.00. The number of nitrogens with zero attached hydrogens (tertiary/aromatic N) is 2. The number of thiophene rings is 1. The van der Waals surface area contributed by atoms with Gasteiger partial charge in [-0.05, 0) is 66.1 Å². The SMILES string of the molecule is O=C(Cc1ccccc1)N(CC(=O)N1CCc2sccc2[C@H]1COc1ccc(F)cc1)C[C@H]1CCCO1. The van der Waals surface area contributed by atoms with Gasteiger partial charge < -0.3 is 19.3 Å². The maximum absolute atomic E-state index is 13.7. The molecule has 2 aliphatic heterocycles. The third kappa shape index (κ3) is 6.37. The van der Waals surface area contributed by atoms with Crippen LogP contribution in [0.4, 0.5) is 4.39 Å². The van der Waals surface area contributed by atoms with Crippen LogP contribution in [0.3, 0.4) is 0 Å². The van der Waals surface area contributed by atoms with Crippen LogP contribution in [0.5, 0.6) is 5.75 Å². The van der Waals surface area contributed by atoms with Gasteiger partial charge in [0.25, 0.3) is 0 Å². The van der Waals surface area contributed by atoms with E-state index in [1.54, 1.807) is 28.4 Å². The number of carbonyl (C=O) groups excluding carboxylic acids is 2. The molecule has 37 heavy (non-hydrogen) atoms. The maximum Gasteiger partial charge on any atom is 0.242 e. The van der Waals surface area contributed by atoms with Crippen molar-refractivity contribution in [1.29, 1.82) is 0 Å². The Kier molecular flexibility index (Phi) is 8.16. The molecule has 0 N–H and O–H groups in total. The lowest BCUT2D eigenvalue weighted by Crippen LogP contribution is -2.49. The molecule has 194 valence electrons. The summed E-state index contributed by atoms with van der Waals surface area (Å²) in [6, 6.07) is 17.3. The molecule has 0 unspecified atom stereocenters. The molecule has 3 aromatic rings. The Labute approximate surface area is 220 Å². The highest BCUT2D eigenvalue weighted by Crippen LogP contribution is 2.34. The van der Waals surface area contributed by atoms with Crippen LogP contribution in [-0.2, 0) is 27.2 Å². The van der Waals surface area contributed by atoms with Gasteiger partial charge in [-0.3, -0.25) is 9.59 Å². The van der Waals surface area contributed by atoms with Gasteiger partial charge in [-0.2, -0.15) is 0 Å². The minimum atomic E-state index is -0.326. The number of hydrogen-bond acceptors (Lipinski definition) is 5. The molecular formula is C29H31FN2O4S. The van der Waals surface area contributed by atoms with E-state index >= 15 is 0 Å². The van der Waals surface area contributed by atoms with Gasteiger partial charge in [0.15, 0.2) is 0 Å². The monoisotopic (exact) mass is 522 g/mol. The van der Waals surface area contributed by atoms with Gasteiger partial charge in [0.05, 0.1) is 25.1 Å². The van der Waals surface area contributed by atoms with Crippen molar-refractivity contribution in [2.75, 3.05) is 32.8 Å². The molecule has 0 spiro atoms. The van der Waals surface area contributed by atoms with Crippen molar-refractivity contribution >= 4 is 23.2 Å². The van der Waals surface area contributed by atoms with Gasteiger partial charge in [-0.15, -0.1) is 11.3 Å². The summed E-state index contributed by atoms with van der Waals surface area (Å²) in [6.07, 6.45) is 2.83. The Morgan fingerprint density at radius 1 is 1.11 bits per heavy atom. The van der Waals surface area contributed by atoms with Gasteiger partial charge in [-0.25, -0.2) is 4.39 Å². The van der Waals surface area contributed by atoms with Crippen molar-refractivity contribution in [3.05, 3.63) is 87.9 Å². The van der Waals surface area contributed by atoms with Gasteiger partial charge in [0, 0.05) is 24.6 Å². The van der Waals surface area contributed by atoms with E-state index in [9.17, 15) is 14.0 Å². The summed E-state index contributed by atoms with van der Waals surface area (Å²) in [4.78, 5) is 31.8. The van der Waals surface area contributed by atoms with Crippen LogP contribution >= 0.6 is 11.3 Å². The zero-order chi connectivity index (χ0) is 25.6. The standard InChI is InChI=1S/C29H31FN2O4S/c30-22-8-10-23(11-9-22)36-20-26-25-13-16-37-27(25)12-14-32(26)29(34)19-31(18-24-7-4-15-35-24)28(33)17-21-5-2-1-3-6-21/h1-3,5-6,8-11,13,16,24,26H,4,7,12,14-15,17-20H2/t24-,26-/m1/s1. The van der Waals surface area contributed by atoms with Crippen LogP contribution in [0.25, 0.3) is 0 Å². The summed E-state index contributed by atoms with van der Waals surface area (Å²) in [5.74, 6) is 0.0361. The molecule has 2 aromatic carbocycles. The van der Waals surface area contributed by atoms with Gasteiger partial charge in [-0.1, -0.05) is 30.3 Å². The van der Waals surface area contributed by atoms with Crippen LogP contribution < -0.4 is 4.74 Å². The van der Waals surface area contributed by atoms with Gasteiger partial charge in [0.1, 0.15) is 18.2 Å². The molecule has 0 bridgehead atoms. The number of hydrogen-bond donors (Lipinski definition) is 0. The molecule has 1 aromatic heterocycles. The first kappa shape index (κ1) is 25.4. The third-order valence-electron chi connectivity index (χ3n) is 6.96. The zero-order valence-corrected chi connectivity index (χ0v) is 21.5. The first-order valence-corrected chi connectivity index (χ1v) is 13.6. The Bertz CT molecular complexity index is 1190. The van der Waals surface area contributed by atoms with Gasteiger partial charge in [0.2, 0.25) is 11.8 Å². The molecule has 3 heterocycles. The Balaban J connectivity index is 1.31. The molecule has 0 aliphatic carbocycles. The molecule has 1 fully saturated rings. The number of rotatable bonds is 9. The number of benzene rings is 2. The fourth-order valence-corrected chi connectivity index (χ4v) is 5.93. The molecule has 8 heteroatoms. The highest BCUT2D eigenvalue weighted by atomic mass is 32.1. The van der Waals surface area contributed by atoms with E-state index in [1.165, 1.54) is 17.0 Å². The quantitative estimate of drug-likeness (QED) is 0.411. The molecule has 6 nitrogen and oxygen atoms in total. The third-order valence-corrected chi connectivity index (χ3v) is 7.96. The minimum Gasteiger partial charge on any atom is -0.491 e. The summed E-state index contributed by atoms with van der Waals surface area (Å²) in [6.45, 7) is 1.91. The zero-order valence-electron chi connectivity index (χ0n) is 20.7. The van der Waals surface area contributed by atoms with E-state index in [0.29, 0.717) is 25.4 Å². The predicted molar refractivity (Wildman–Crippen MR) is 140 cm³/mol. The summed E-state index contributed by atoms with van der Waals surface area (Å²) in [5, 5.41) is 2.04. The summed E-state index contributed by atoms with van der Waals surface area (Å²) >= 11 is 1.68. The second kappa shape index (κ2) is 11.9. The molecule has 2 amide bonds. The maximum atomic E-state index is 13.7. The van der Waals surface area contributed by atoms with Crippen LogP contribution in [0, 0.1) is 5.82 Å². The fourth-order valence-electron chi connectivity index (χ4n) is 5.01. The number of ether oxygens (including phenoxy) is 2. The van der Waals surface area contributed by atoms with Crippen molar-refractivity contribution in [2.24, 2.45) is 0 Å². The number of amides is 2. The van der Waals surface area contributed by atoms with E-state index in [-0.39, 0.29) is 49.3 Å². The molecule has 2 atom stereocenters. The van der Waals surface area contributed by atoms with E-state index in [2.05, 4.69) is 0 Å². The van der Waals surface area contributed by atoms with Crippen LogP contribution in [-0.4, -0.2) is 60.6 Å². The van der Waals surface area contributed by atoms with E-state index in [0.717, 1.165) is 30.4 Å². The highest BCUT2D eigenvalue weighted by Gasteiger charge is 2.34. The summed E-state index contributed by atoms with van der Waals surface area (Å²) < 4.78 is 25.1. The van der Waals surface area contributed by atoms with Gasteiger partial charge >= 0.3 is 0 Å². The Morgan fingerprint density at radius 2 is 1.92 bits per heavy atom. The number of fused-ring (bicyclic) bond motifs is 1. The molecular weight excluding hydrogens is 491 g/mol. The predicted octanol–water partition coefficient (Wildman–Crippen LogP) is 4.64. The van der Waals surface area contributed by atoms with Crippen molar-refractivity contribution in [3.63, 3.8) is 0 Å². The van der Waals surface area contributed by atoms with Crippen LogP contribution in [0.15, 0.2) is 66.0 Å². The lowest BCUT2D eigenvalue weighted by molar-refractivity contribution is -0.143. The van der Waals surface area contributed by atoms with E-state index < -0.39 is 0 Å². The molecule has 1 saturated heterocycles. The average Bonchev–Trinajstić information content (AvgIpc) is 3.60. The van der Waals surface area contributed by atoms with Crippen molar-refractivity contribution in [2.45, 2.75) is 37.8 Å². The first-order valence-electron chi connectivity index (χ1n) is 12.7. The molecule has 2 aliphatic rings.